The van der Waals surface area contributed by atoms with Crippen LogP contribution in [0.1, 0.15) is 37.8 Å². The van der Waals surface area contributed by atoms with Crippen molar-refractivity contribution in [1.82, 2.24) is 4.90 Å². The van der Waals surface area contributed by atoms with Crippen molar-refractivity contribution in [3.63, 3.8) is 0 Å². The molecule has 4 heteroatoms. The normalized spacial score (nSPS) is 12.7. The molecule has 0 bridgehead atoms. The van der Waals surface area contributed by atoms with E-state index in [1.54, 1.807) is 6.07 Å². The molecule has 0 aliphatic carbocycles. The van der Waals surface area contributed by atoms with Gasteiger partial charge in [0.15, 0.2) is 0 Å². The number of nitrogens with zero attached hydrogens (tertiary/aromatic N) is 1. The van der Waals surface area contributed by atoms with Gasteiger partial charge in [-0.25, -0.2) is 4.39 Å². The molecule has 0 aromatic heterocycles. The summed E-state index contributed by atoms with van der Waals surface area (Å²) in [5.41, 5.74) is 6.69. The second-order valence-corrected chi connectivity index (χ2v) is 4.81. The maximum Gasteiger partial charge on any atom is 0.124 e. The fraction of sp³-hybridized carbons (Fsp3) is 0.500. The molecule has 0 radical (unpaired) electrons. The first-order valence-electron chi connectivity index (χ1n) is 6.28. The number of nitrogen functional groups attached to an aromatic ring is 1. The molecule has 0 aliphatic rings. The molecule has 1 rings (SSSR count). The maximum atomic E-state index is 13.4. The molecule has 0 saturated carbocycles. The zero-order valence-electron chi connectivity index (χ0n) is 11.3. The Balaban J connectivity index is 2.81. The summed E-state index contributed by atoms with van der Waals surface area (Å²) in [4.78, 5) is 2.18. The van der Waals surface area contributed by atoms with Gasteiger partial charge in [-0.05, 0) is 44.2 Å². The van der Waals surface area contributed by atoms with Gasteiger partial charge in [0.05, 0.1) is 0 Å². The third-order valence-electron chi connectivity index (χ3n) is 3.16. The number of amidine groups is 1. The molecule has 1 aromatic carbocycles. The van der Waals surface area contributed by atoms with Gasteiger partial charge >= 0.3 is 0 Å². The van der Waals surface area contributed by atoms with Gasteiger partial charge in [-0.15, -0.1) is 0 Å². The van der Waals surface area contributed by atoms with E-state index in [9.17, 15) is 4.39 Å². The molecular weight excluding hydrogens is 229 g/mol. The van der Waals surface area contributed by atoms with E-state index >= 15 is 0 Å². The monoisotopic (exact) mass is 251 g/mol. The van der Waals surface area contributed by atoms with Crippen molar-refractivity contribution < 1.29 is 4.39 Å². The summed E-state index contributed by atoms with van der Waals surface area (Å²) in [6.07, 6.45) is 2.25. The Bertz CT molecular complexity index is 418. The van der Waals surface area contributed by atoms with Gasteiger partial charge in [0.25, 0.3) is 0 Å². The second-order valence-electron chi connectivity index (χ2n) is 4.81. The lowest BCUT2D eigenvalue weighted by molar-refractivity contribution is 0.236. The third-order valence-corrected chi connectivity index (χ3v) is 3.16. The van der Waals surface area contributed by atoms with Gasteiger partial charge in [0.1, 0.15) is 11.7 Å². The van der Waals surface area contributed by atoms with Crippen LogP contribution in [0.4, 0.5) is 4.39 Å². The molecule has 0 amide bonds. The summed E-state index contributed by atoms with van der Waals surface area (Å²) in [7, 11) is 2.03. The SMILES string of the molecule is CCCC(C)N(C)Cc1cc(F)cc(C(=N)N)c1. The summed E-state index contributed by atoms with van der Waals surface area (Å²) < 4.78 is 13.4. The Morgan fingerprint density at radius 2 is 2.11 bits per heavy atom. The van der Waals surface area contributed by atoms with E-state index in [4.69, 9.17) is 11.1 Å². The highest BCUT2D eigenvalue weighted by atomic mass is 19.1. The van der Waals surface area contributed by atoms with Gasteiger partial charge in [0.2, 0.25) is 0 Å². The number of rotatable bonds is 6. The van der Waals surface area contributed by atoms with Crippen molar-refractivity contribution in [2.75, 3.05) is 7.05 Å². The smallest absolute Gasteiger partial charge is 0.124 e. The zero-order chi connectivity index (χ0) is 13.7. The first-order chi connectivity index (χ1) is 8.43. The fourth-order valence-electron chi connectivity index (χ4n) is 1.98. The Hall–Kier alpha value is -1.42. The molecule has 0 fully saturated rings. The molecule has 0 heterocycles. The first-order valence-corrected chi connectivity index (χ1v) is 6.28. The molecule has 3 nitrogen and oxygen atoms in total. The van der Waals surface area contributed by atoms with Crippen molar-refractivity contribution >= 4 is 5.84 Å². The van der Waals surface area contributed by atoms with Gasteiger partial charge in [-0.2, -0.15) is 0 Å². The molecule has 18 heavy (non-hydrogen) atoms. The summed E-state index contributed by atoms with van der Waals surface area (Å²) in [5.74, 6) is -0.436. The van der Waals surface area contributed by atoms with E-state index in [0.29, 0.717) is 18.2 Å². The van der Waals surface area contributed by atoms with Crippen molar-refractivity contribution in [1.29, 1.82) is 5.41 Å². The molecule has 0 saturated heterocycles. The van der Waals surface area contributed by atoms with Crippen LogP contribution in [0.3, 0.4) is 0 Å². The summed E-state index contributed by atoms with van der Waals surface area (Å²) in [5, 5.41) is 7.36. The Kier molecular flexibility index (Phi) is 5.28. The molecule has 0 aliphatic heterocycles. The largest absolute Gasteiger partial charge is 0.384 e. The average Bonchev–Trinajstić information content (AvgIpc) is 2.28. The van der Waals surface area contributed by atoms with Gasteiger partial charge < -0.3 is 5.73 Å². The number of nitrogens with one attached hydrogen (secondary N) is 1. The molecule has 0 spiro atoms. The lowest BCUT2D eigenvalue weighted by atomic mass is 10.1. The molecule has 1 aromatic rings. The van der Waals surface area contributed by atoms with Crippen LogP contribution >= 0.6 is 0 Å². The summed E-state index contributed by atoms with van der Waals surface area (Å²) in [6.45, 7) is 4.98. The van der Waals surface area contributed by atoms with E-state index in [1.807, 2.05) is 7.05 Å². The number of nitrogens with two attached hydrogens (primary N) is 1. The first kappa shape index (κ1) is 14.6. The van der Waals surface area contributed by atoms with Crippen LogP contribution in [0.25, 0.3) is 0 Å². The quantitative estimate of drug-likeness (QED) is 0.603. The Labute approximate surface area is 108 Å². The number of hydrogen-bond acceptors (Lipinski definition) is 2. The lowest BCUT2D eigenvalue weighted by Gasteiger charge is -2.24. The van der Waals surface area contributed by atoms with E-state index in [2.05, 4.69) is 18.7 Å². The van der Waals surface area contributed by atoms with Crippen LogP contribution in [0.15, 0.2) is 18.2 Å². The molecular formula is C14H22FN3. The van der Waals surface area contributed by atoms with Crippen LogP contribution in [0.2, 0.25) is 0 Å². The predicted molar refractivity (Wildman–Crippen MR) is 73.3 cm³/mol. The molecule has 3 N–H and O–H groups in total. The predicted octanol–water partition coefficient (Wildman–Crippen LogP) is 2.73. The summed E-state index contributed by atoms with van der Waals surface area (Å²) >= 11 is 0. The third kappa shape index (κ3) is 4.11. The molecule has 1 unspecified atom stereocenters. The number of hydrogen-bond donors (Lipinski definition) is 2. The highest BCUT2D eigenvalue weighted by Crippen LogP contribution is 2.13. The Morgan fingerprint density at radius 1 is 1.44 bits per heavy atom. The van der Waals surface area contributed by atoms with Crippen LogP contribution in [0, 0.1) is 11.2 Å². The number of halogens is 1. The van der Waals surface area contributed by atoms with Gasteiger partial charge in [-0.3, -0.25) is 10.3 Å². The minimum atomic E-state index is -0.339. The van der Waals surface area contributed by atoms with E-state index in [0.717, 1.165) is 18.4 Å². The van der Waals surface area contributed by atoms with E-state index in [-0.39, 0.29) is 11.7 Å². The van der Waals surface area contributed by atoms with E-state index < -0.39 is 0 Å². The zero-order valence-corrected chi connectivity index (χ0v) is 11.3. The molecule has 100 valence electrons. The highest BCUT2D eigenvalue weighted by molar-refractivity contribution is 5.95. The van der Waals surface area contributed by atoms with Crippen LogP contribution in [0.5, 0.6) is 0 Å². The van der Waals surface area contributed by atoms with Gasteiger partial charge in [-0.1, -0.05) is 13.3 Å². The van der Waals surface area contributed by atoms with Crippen LogP contribution < -0.4 is 5.73 Å². The second kappa shape index (κ2) is 6.50. The Morgan fingerprint density at radius 3 is 2.67 bits per heavy atom. The van der Waals surface area contributed by atoms with Gasteiger partial charge in [0, 0.05) is 18.2 Å². The van der Waals surface area contributed by atoms with Crippen molar-refractivity contribution in [2.24, 2.45) is 5.73 Å². The number of benzene rings is 1. The van der Waals surface area contributed by atoms with Crippen LogP contribution in [-0.2, 0) is 6.54 Å². The van der Waals surface area contributed by atoms with Crippen molar-refractivity contribution in [2.45, 2.75) is 39.3 Å². The van der Waals surface area contributed by atoms with E-state index in [1.165, 1.54) is 12.1 Å². The maximum absolute atomic E-state index is 13.4. The average molecular weight is 251 g/mol. The standard InChI is InChI=1S/C14H22FN3/c1-4-5-10(2)18(3)9-11-6-12(14(16)17)8-13(15)7-11/h6-8,10H,4-5,9H2,1-3H3,(H3,16,17). The fourth-order valence-corrected chi connectivity index (χ4v) is 1.98. The summed E-state index contributed by atoms with van der Waals surface area (Å²) in [6, 6.07) is 5.03. The molecule has 1 atom stereocenters. The highest BCUT2D eigenvalue weighted by Gasteiger charge is 2.10. The van der Waals surface area contributed by atoms with Crippen molar-refractivity contribution in [3.05, 3.63) is 35.1 Å². The van der Waals surface area contributed by atoms with Crippen LogP contribution in [-0.4, -0.2) is 23.8 Å². The van der Waals surface area contributed by atoms with Crippen molar-refractivity contribution in [3.8, 4) is 0 Å². The lowest BCUT2D eigenvalue weighted by Crippen LogP contribution is -2.28. The minimum absolute atomic E-state index is 0.0972. The topological polar surface area (TPSA) is 53.1 Å². The minimum Gasteiger partial charge on any atom is -0.384 e.